The van der Waals surface area contributed by atoms with Gasteiger partial charge in [-0.1, -0.05) is 0 Å². The normalized spacial score (nSPS) is 11.9. The number of thioether (sulfide) groups is 1. The third-order valence-corrected chi connectivity index (χ3v) is 3.62. The number of phenolic OH excluding ortho intramolecular Hbond substituents is 1. The number of hydrogen-bond acceptors (Lipinski definition) is 4. The van der Waals surface area contributed by atoms with Gasteiger partial charge in [0.25, 0.3) is 0 Å². The number of ether oxygens (including phenoxy) is 1. The minimum absolute atomic E-state index is 0.0131. The lowest BCUT2D eigenvalue weighted by Crippen LogP contribution is -2.29. The van der Waals surface area contributed by atoms with Crippen molar-refractivity contribution in [3.8, 4) is 11.5 Å². The summed E-state index contributed by atoms with van der Waals surface area (Å²) in [4.78, 5) is 0.177. The molecule has 1 rings (SSSR count). The van der Waals surface area contributed by atoms with E-state index in [9.17, 15) is 22.7 Å². The van der Waals surface area contributed by atoms with E-state index in [1.807, 2.05) is 0 Å². The predicted molar refractivity (Wildman–Crippen MR) is 69.1 cm³/mol. The standard InChI is InChI=1S/C12H15F4NO2S/c1-19-10-8(18)4-7(2-3-17)5-9(10)20-6-12(15,16)11(13)14/h4-5,11,18H,2-3,6,17H2,1H3. The fourth-order valence-corrected chi connectivity index (χ4v) is 2.53. The predicted octanol–water partition coefficient (Wildman–Crippen LogP) is 2.89. The molecule has 0 atom stereocenters. The van der Waals surface area contributed by atoms with Crippen LogP contribution in [0.5, 0.6) is 11.5 Å². The Morgan fingerprint density at radius 2 is 2.05 bits per heavy atom. The SMILES string of the molecule is COc1c(O)cc(CCN)cc1SCC(F)(F)C(F)F. The minimum atomic E-state index is -4.10. The minimum Gasteiger partial charge on any atom is -0.504 e. The topological polar surface area (TPSA) is 55.5 Å². The molecule has 3 nitrogen and oxygen atoms in total. The number of phenols is 1. The van der Waals surface area contributed by atoms with Crippen molar-refractivity contribution in [3.05, 3.63) is 17.7 Å². The van der Waals surface area contributed by atoms with Gasteiger partial charge in [0.1, 0.15) is 0 Å². The second kappa shape index (κ2) is 7.03. The molecule has 0 spiro atoms. The van der Waals surface area contributed by atoms with E-state index in [1.165, 1.54) is 19.2 Å². The Balaban J connectivity index is 2.97. The molecule has 0 aliphatic carbocycles. The van der Waals surface area contributed by atoms with E-state index in [4.69, 9.17) is 10.5 Å². The first kappa shape index (κ1) is 16.9. The third kappa shape index (κ3) is 4.17. The van der Waals surface area contributed by atoms with Gasteiger partial charge in [-0.05, 0) is 30.7 Å². The summed E-state index contributed by atoms with van der Waals surface area (Å²) in [5.41, 5.74) is 5.99. The lowest BCUT2D eigenvalue weighted by molar-refractivity contribution is -0.109. The van der Waals surface area contributed by atoms with E-state index in [1.54, 1.807) is 0 Å². The molecule has 0 unspecified atom stereocenters. The number of alkyl halides is 4. The molecule has 114 valence electrons. The van der Waals surface area contributed by atoms with E-state index < -0.39 is 18.1 Å². The van der Waals surface area contributed by atoms with Crippen molar-refractivity contribution in [1.29, 1.82) is 0 Å². The van der Waals surface area contributed by atoms with Crippen LogP contribution in [0.1, 0.15) is 5.56 Å². The zero-order valence-electron chi connectivity index (χ0n) is 10.7. The first-order valence-electron chi connectivity index (χ1n) is 5.70. The van der Waals surface area contributed by atoms with Crippen LogP contribution in [0.15, 0.2) is 17.0 Å². The number of hydrogen-bond donors (Lipinski definition) is 2. The number of aromatic hydroxyl groups is 1. The van der Waals surface area contributed by atoms with E-state index in [-0.39, 0.29) is 16.4 Å². The van der Waals surface area contributed by atoms with Gasteiger partial charge >= 0.3 is 12.3 Å². The smallest absolute Gasteiger partial charge is 0.316 e. The fourth-order valence-electron chi connectivity index (χ4n) is 1.50. The summed E-state index contributed by atoms with van der Waals surface area (Å²) in [5.74, 6) is -5.45. The average Bonchev–Trinajstić information content (AvgIpc) is 2.36. The summed E-state index contributed by atoms with van der Waals surface area (Å²) in [6.45, 7) is 0.309. The van der Waals surface area contributed by atoms with E-state index in [0.717, 1.165) is 0 Å². The first-order valence-corrected chi connectivity index (χ1v) is 6.69. The molecule has 0 bridgehead atoms. The van der Waals surface area contributed by atoms with E-state index >= 15 is 0 Å². The van der Waals surface area contributed by atoms with Crippen LogP contribution in [0.25, 0.3) is 0 Å². The van der Waals surface area contributed by atoms with Gasteiger partial charge in [-0.15, -0.1) is 11.8 Å². The molecule has 0 aromatic heterocycles. The molecule has 20 heavy (non-hydrogen) atoms. The molecular weight excluding hydrogens is 298 g/mol. The molecule has 0 aliphatic rings. The van der Waals surface area contributed by atoms with Crippen molar-refractivity contribution in [2.24, 2.45) is 5.73 Å². The highest BCUT2D eigenvalue weighted by Crippen LogP contribution is 2.40. The summed E-state index contributed by atoms with van der Waals surface area (Å²) < 4.78 is 55.0. The Hall–Kier alpha value is -1.15. The van der Waals surface area contributed by atoms with E-state index in [2.05, 4.69) is 0 Å². The molecule has 0 radical (unpaired) electrons. The number of methoxy groups -OCH3 is 1. The summed E-state index contributed by atoms with van der Waals surface area (Å²) in [6, 6.07) is 2.90. The molecule has 0 heterocycles. The van der Waals surface area contributed by atoms with Crippen LogP contribution < -0.4 is 10.5 Å². The van der Waals surface area contributed by atoms with Crippen LogP contribution in [-0.4, -0.2) is 36.9 Å². The zero-order chi connectivity index (χ0) is 15.3. The van der Waals surface area contributed by atoms with Crippen LogP contribution in [0, 0.1) is 0 Å². The summed E-state index contributed by atoms with van der Waals surface area (Å²) in [7, 11) is 1.26. The molecule has 0 saturated carbocycles. The van der Waals surface area contributed by atoms with Gasteiger partial charge in [-0.3, -0.25) is 0 Å². The van der Waals surface area contributed by atoms with Gasteiger partial charge < -0.3 is 15.6 Å². The first-order chi connectivity index (χ1) is 9.31. The van der Waals surface area contributed by atoms with Crippen LogP contribution in [0.2, 0.25) is 0 Å². The highest BCUT2D eigenvalue weighted by Gasteiger charge is 2.40. The largest absolute Gasteiger partial charge is 0.504 e. The molecular formula is C12H15F4NO2S. The Labute approximate surface area is 118 Å². The Morgan fingerprint density at radius 1 is 1.40 bits per heavy atom. The van der Waals surface area contributed by atoms with Crippen molar-refractivity contribution in [3.63, 3.8) is 0 Å². The zero-order valence-corrected chi connectivity index (χ0v) is 11.5. The molecule has 0 fully saturated rings. The maximum Gasteiger partial charge on any atom is 0.316 e. The maximum absolute atomic E-state index is 12.9. The van der Waals surface area contributed by atoms with Crippen LogP contribution >= 0.6 is 11.8 Å². The molecule has 3 N–H and O–H groups in total. The Bertz CT molecular complexity index is 457. The Kier molecular flexibility index (Phi) is 5.94. The highest BCUT2D eigenvalue weighted by molar-refractivity contribution is 7.99. The second-order valence-electron chi connectivity index (χ2n) is 4.04. The maximum atomic E-state index is 12.9. The van der Waals surface area contributed by atoms with Gasteiger partial charge in [0.15, 0.2) is 11.5 Å². The third-order valence-electron chi connectivity index (χ3n) is 2.47. The van der Waals surface area contributed by atoms with Crippen LogP contribution in [0.4, 0.5) is 17.6 Å². The van der Waals surface area contributed by atoms with Crippen LogP contribution in [-0.2, 0) is 6.42 Å². The molecule has 0 aliphatic heterocycles. The monoisotopic (exact) mass is 313 g/mol. The van der Waals surface area contributed by atoms with Gasteiger partial charge in [0.05, 0.1) is 17.8 Å². The molecule has 1 aromatic rings. The molecule has 0 saturated heterocycles. The second-order valence-corrected chi connectivity index (χ2v) is 5.05. The average molecular weight is 313 g/mol. The number of benzene rings is 1. The number of rotatable bonds is 7. The van der Waals surface area contributed by atoms with Gasteiger partial charge in [-0.2, -0.15) is 8.78 Å². The van der Waals surface area contributed by atoms with Crippen molar-refractivity contribution < 1.29 is 27.4 Å². The van der Waals surface area contributed by atoms with Crippen molar-refractivity contribution in [2.75, 3.05) is 19.4 Å². The van der Waals surface area contributed by atoms with Crippen molar-refractivity contribution in [2.45, 2.75) is 23.7 Å². The quantitative estimate of drug-likeness (QED) is 0.600. The lowest BCUT2D eigenvalue weighted by Gasteiger charge is -2.17. The molecule has 1 aromatic carbocycles. The fraction of sp³-hybridized carbons (Fsp3) is 0.500. The van der Waals surface area contributed by atoms with Gasteiger partial charge in [0, 0.05) is 0 Å². The summed E-state index contributed by atoms with van der Waals surface area (Å²) in [5, 5.41) is 9.72. The van der Waals surface area contributed by atoms with E-state index in [0.29, 0.717) is 30.3 Å². The Morgan fingerprint density at radius 3 is 2.55 bits per heavy atom. The lowest BCUT2D eigenvalue weighted by atomic mass is 10.1. The van der Waals surface area contributed by atoms with Crippen molar-refractivity contribution in [1.82, 2.24) is 0 Å². The number of nitrogens with two attached hydrogens (primary N) is 1. The van der Waals surface area contributed by atoms with Crippen molar-refractivity contribution >= 4 is 11.8 Å². The molecule has 0 amide bonds. The molecule has 8 heteroatoms. The van der Waals surface area contributed by atoms with Gasteiger partial charge in [-0.25, -0.2) is 8.78 Å². The van der Waals surface area contributed by atoms with Crippen LogP contribution in [0.3, 0.4) is 0 Å². The summed E-state index contributed by atoms with van der Waals surface area (Å²) >= 11 is 0.505. The van der Waals surface area contributed by atoms with Gasteiger partial charge in [0.2, 0.25) is 0 Å². The highest BCUT2D eigenvalue weighted by atomic mass is 32.2. The summed E-state index contributed by atoms with van der Waals surface area (Å²) in [6.07, 6.45) is -3.31. The number of halogens is 4.